The first-order valence-corrected chi connectivity index (χ1v) is 6.45. The van der Waals surface area contributed by atoms with Gasteiger partial charge in [0.1, 0.15) is 5.75 Å². The van der Waals surface area contributed by atoms with Crippen molar-refractivity contribution in [1.82, 2.24) is 0 Å². The summed E-state index contributed by atoms with van der Waals surface area (Å²) in [5.41, 5.74) is 0.950. The number of rotatable bonds is 5. The molecule has 0 saturated carbocycles. The zero-order valence-electron chi connectivity index (χ0n) is 8.69. The van der Waals surface area contributed by atoms with Crippen molar-refractivity contribution in [3.8, 4) is 11.8 Å². The number of nitriles is 1. The first-order chi connectivity index (χ1) is 7.27. The Hall–Kier alpha value is -1.26. The summed E-state index contributed by atoms with van der Waals surface area (Å²) in [5.74, 6) is 0.651. The topological polar surface area (TPSA) is 50.1 Å². The molecule has 1 rings (SSSR count). The Balaban J connectivity index is 2.77. The van der Waals surface area contributed by atoms with Gasteiger partial charge in [-0.15, -0.1) is 0 Å². The van der Waals surface area contributed by atoms with Gasteiger partial charge in [0.15, 0.2) is 0 Å². The molecule has 1 atom stereocenters. The molecule has 0 amide bonds. The molecule has 0 heterocycles. The van der Waals surface area contributed by atoms with Crippen LogP contribution in [0.1, 0.15) is 18.9 Å². The van der Waals surface area contributed by atoms with Gasteiger partial charge in [-0.2, -0.15) is 5.26 Å². The van der Waals surface area contributed by atoms with Crippen molar-refractivity contribution >= 4 is 8.03 Å². The second-order valence-corrected chi connectivity index (χ2v) is 4.75. The van der Waals surface area contributed by atoms with Gasteiger partial charge < -0.3 is 4.52 Å². The summed E-state index contributed by atoms with van der Waals surface area (Å²) in [6.45, 7) is 1.83. The lowest BCUT2D eigenvalue weighted by atomic mass is 10.1. The second-order valence-electron chi connectivity index (χ2n) is 3.09. The van der Waals surface area contributed by atoms with E-state index in [-0.39, 0.29) is 0 Å². The maximum atomic E-state index is 11.3. The number of hydrogen-bond donors (Lipinski definition) is 0. The highest BCUT2D eigenvalue weighted by Crippen LogP contribution is 2.29. The molecule has 0 aromatic heterocycles. The van der Waals surface area contributed by atoms with Crippen LogP contribution >= 0.6 is 8.03 Å². The van der Waals surface area contributed by atoms with Gasteiger partial charge in [-0.3, -0.25) is 4.57 Å². The van der Waals surface area contributed by atoms with Crippen LogP contribution in [0.3, 0.4) is 0 Å². The number of nitrogens with zero attached hydrogens (tertiary/aromatic N) is 1. The van der Waals surface area contributed by atoms with Crippen LogP contribution in [-0.2, 0) is 11.0 Å². The number of benzene rings is 1. The number of aryl methyl sites for hydroxylation is 1. The van der Waals surface area contributed by atoms with E-state index >= 15 is 0 Å². The fourth-order valence-corrected chi connectivity index (χ4v) is 1.78. The van der Waals surface area contributed by atoms with Gasteiger partial charge in [0.25, 0.3) is 0 Å². The van der Waals surface area contributed by atoms with Crippen molar-refractivity contribution in [2.24, 2.45) is 0 Å². The SMILES string of the molecule is CC[PH](=O)Oc1ccccc1CCC#N. The zero-order valence-corrected chi connectivity index (χ0v) is 9.69. The van der Waals surface area contributed by atoms with Gasteiger partial charge in [-0.05, 0) is 18.1 Å². The summed E-state index contributed by atoms with van der Waals surface area (Å²) >= 11 is 0. The van der Waals surface area contributed by atoms with Crippen LogP contribution in [0.2, 0.25) is 0 Å². The molecular weight excluding hydrogens is 209 g/mol. The molecule has 1 aromatic carbocycles. The third-order valence-electron chi connectivity index (χ3n) is 1.99. The second kappa shape index (κ2) is 6.27. The average Bonchev–Trinajstić information content (AvgIpc) is 2.28. The van der Waals surface area contributed by atoms with Crippen molar-refractivity contribution < 1.29 is 9.09 Å². The van der Waals surface area contributed by atoms with Gasteiger partial charge in [0.05, 0.1) is 6.07 Å². The first-order valence-electron chi connectivity index (χ1n) is 4.93. The van der Waals surface area contributed by atoms with Crippen LogP contribution in [0.25, 0.3) is 0 Å². The summed E-state index contributed by atoms with van der Waals surface area (Å²) < 4.78 is 16.6. The molecular formula is C11H14NO2P. The summed E-state index contributed by atoms with van der Waals surface area (Å²) in [6, 6.07) is 9.52. The smallest absolute Gasteiger partial charge is 0.236 e. The molecule has 80 valence electrons. The minimum atomic E-state index is -1.96. The van der Waals surface area contributed by atoms with E-state index in [1.807, 2.05) is 25.1 Å². The van der Waals surface area contributed by atoms with Crippen LogP contribution in [0.4, 0.5) is 0 Å². The van der Waals surface area contributed by atoms with Crippen molar-refractivity contribution in [1.29, 1.82) is 5.26 Å². The lowest BCUT2D eigenvalue weighted by Crippen LogP contribution is -1.90. The largest absolute Gasteiger partial charge is 0.444 e. The van der Waals surface area contributed by atoms with E-state index in [0.717, 1.165) is 5.56 Å². The Morgan fingerprint density at radius 1 is 1.47 bits per heavy atom. The normalized spacial score (nSPS) is 11.7. The Bertz CT molecular complexity index is 384. The molecule has 0 aliphatic heterocycles. The van der Waals surface area contributed by atoms with Gasteiger partial charge in [-0.25, -0.2) is 0 Å². The number of hydrogen-bond acceptors (Lipinski definition) is 3. The Kier molecular flexibility index (Phi) is 4.93. The van der Waals surface area contributed by atoms with Gasteiger partial charge in [0, 0.05) is 12.6 Å². The molecule has 15 heavy (non-hydrogen) atoms. The highest BCUT2D eigenvalue weighted by Gasteiger charge is 2.04. The molecule has 0 N–H and O–H groups in total. The van der Waals surface area contributed by atoms with E-state index in [2.05, 4.69) is 6.07 Å². The quantitative estimate of drug-likeness (QED) is 0.721. The Labute approximate surface area is 90.6 Å². The van der Waals surface area contributed by atoms with Crippen molar-refractivity contribution in [3.63, 3.8) is 0 Å². The van der Waals surface area contributed by atoms with Crippen LogP contribution in [-0.4, -0.2) is 6.16 Å². The predicted octanol–water partition coefficient (Wildman–Crippen LogP) is 3.02. The molecule has 0 aliphatic rings. The molecule has 0 aliphatic carbocycles. The lowest BCUT2D eigenvalue weighted by molar-refractivity contribution is 0.503. The molecule has 1 unspecified atom stereocenters. The number of para-hydroxylation sites is 1. The van der Waals surface area contributed by atoms with Crippen LogP contribution in [0, 0.1) is 11.3 Å². The highest BCUT2D eigenvalue weighted by molar-refractivity contribution is 7.39. The summed E-state index contributed by atoms with van der Waals surface area (Å²) in [4.78, 5) is 0. The standard InChI is InChI=1S/C11H14NO2P/c1-2-15(13)14-11-8-4-3-6-10(11)7-5-9-12/h3-4,6,8,15H,2,5,7H2,1H3. The first kappa shape index (κ1) is 11.8. The molecule has 1 aromatic rings. The third kappa shape index (κ3) is 3.77. The monoisotopic (exact) mass is 223 g/mol. The van der Waals surface area contributed by atoms with Crippen LogP contribution < -0.4 is 4.52 Å². The fourth-order valence-electron chi connectivity index (χ4n) is 1.20. The molecule has 0 bridgehead atoms. The van der Waals surface area contributed by atoms with Crippen molar-refractivity contribution in [2.45, 2.75) is 19.8 Å². The third-order valence-corrected chi connectivity index (χ3v) is 3.02. The maximum Gasteiger partial charge on any atom is 0.236 e. The summed E-state index contributed by atoms with van der Waals surface area (Å²) in [7, 11) is -1.96. The molecule has 4 heteroatoms. The van der Waals surface area contributed by atoms with E-state index in [4.69, 9.17) is 9.79 Å². The average molecular weight is 223 g/mol. The molecule has 3 nitrogen and oxygen atoms in total. The van der Waals surface area contributed by atoms with Gasteiger partial charge >= 0.3 is 0 Å². The molecule has 0 radical (unpaired) electrons. The zero-order chi connectivity index (χ0) is 11.1. The van der Waals surface area contributed by atoms with Crippen molar-refractivity contribution in [3.05, 3.63) is 29.8 Å². The lowest BCUT2D eigenvalue weighted by Gasteiger charge is -2.08. The van der Waals surface area contributed by atoms with Gasteiger partial charge in [0.2, 0.25) is 8.03 Å². The van der Waals surface area contributed by atoms with Crippen LogP contribution in [0.15, 0.2) is 24.3 Å². The predicted molar refractivity (Wildman–Crippen MR) is 60.5 cm³/mol. The van der Waals surface area contributed by atoms with E-state index in [1.54, 1.807) is 6.07 Å². The van der Waals surface area contributed by atoms with E-state index in [9.17, 15) is 4.57 Å². The summed E-state index contributed by atoms with van der Waals surface area (Å²) in [6.07, 6.45) is 1.64. The molecule has 0 spiro atoms. The minimum Gasteiger partial charge on any atom is -0.444 e. The highest BCUT2D eigenvalue weighted by atomic mass is 31.1. The Morgan fingerprint density at radius 2 is 2.20 bits per heavy atom. The minimum absolute atomic E-state index is 0.452. The van der Waals surface area contributed by atoms with E-state index in [0.29, 0.717) is 24.8 Å². The van der Waals surface area contributed by atoms with Crippen molar-refractivity contribution in [2.75, 3.05) is 6.16 Å². The fraction of sp³-hybridized carbons (Fsp3) is 0.364. The van der Waals surface area contributed by atoms with Crippen LogP contribution in [0.5, 0.6) is 5.75 Å². The maximum absolute atomic E-state index is 11.3. The Morgan fingerprint density at radius 3 is 2.87 bits per heavy atom. The summed E-state index contributed by atoms with van der Waals surface area (Å²) in [5, 5.41) is 8.50. The molecule has 0 saturated heterocycles. The van der Waals surface area contributed by atoms with E-state index in [1.165, 1.54) is 0 Å². The van der Waals surface area contributed by atoms with Gasteiger partial charge in [-0.1, -0.05) is 25.1 Å². The molecule has 0 fully saturated rings. The van der Waals surface area contributed by atoms with E-state index < -0.39 is 8.03 Å².